The summed E-state index contributed by atoms with van der Waals surface area (Å²) < 4.78 is 24.9. The zero-order valence-corrected chi connectivity index (χ0v) is 11.4. The van der Waals surface area contributed by atoms with Gasteiger partial charge in [0.1, 0.15) is 0 Å². The summed E-state index contributed by atoms with van der Waals surface area (Å²) in [6, 6.07) is 7.55. The van der Waals surface area contributed by atoms with Gasteiger partial charge in [-0.15, -0.1) is 0 Å². The van der Waals surface area contributed by atoms with Gasteiger partial charge < -0.3 is 5.73 Å². The van der Waals surface area contributed by atoms with E-state index in [0.29, 0.717) is 11.6 Å². The molecule has 0 heterocycles. The third kappa shape index (κ3) is 3.44. The highest BCUT2D eigenvalue weighted by atomic mass is 32.2. The predicted octanol–water partition coefficient (Wildman–Crippen LogP) is 1.53. The molecule has 0 bridgehead atoms. The Labute approximate surface area is 103 Å². The molecule has 96 valence electrons. The van der Waals surface area contributed by atoms with Crippen molar-refractivity contribution in [3.8, 4) is 0 Å². The van der Waals surface area contributed by atoms with Crippen molar-refractivity contribution in [2.45, 2.75) is 19.8 Å². The Morgan fingerprint density at radius 3 is 2.18 bits per heavy atom. The molecule has 1 aromatic carbocycles. The molecule has 0 spiro atoms. The van der Waals surface area contributed by atoms with E-state index in [4.69, 9.17) is 5.73 Å². The van der Waals surface area contributed by atoms with E-state index >= 15 is 0 Å². The lowest BCUT2D eigenvalue weighted by Gasteiger charge is -2.19. The number of rotatable bonds is 5. The fourth-order valence-electron chi connectivity index (χ4n) is 1.52. The highest BCUT2D eigenvalue weighted by Gasteiger charge is 2.17. The van der Waals surface area contributed by atoms with Gasteiger partial charge in [-0.2, -0.15) is 0 Å². The largest absolute Gasteiger partial charge is 0.329 e. The Balaban J connectivity index is 2.94. The average molecular weight is 256 g/mol. The van der Waals surface area contributed by atoms with Crippen molar-refractivity contribution in [3.63, 3.8) is 0 Å². The average Bonchev–Trinajstić information content (AvgIpc) is 2.28. The van der Waals surface area contributed by atoms with Gasteiger partial charge in [-0.05, 0) is 23.6 Å². The third-order valence-electron chi connectivity index (χ3n) is 2.72. The van der Waals surface area contributed by atoms with Gasteiger partial charge in [0.15, 0.2) is 0 Å². The minimum atomic E-state index is -3.29. The van der Waals surface area contributed by atoms with Crippen LogP contribution in [0.1, 0.15) is 25.3 Å². The predicted molar refractivity (Wildman–Crippen MR) is 71.8 cm³/mol. The first-order valence-electron chi connectivity index (χ1n) is 5.65. The number of benzene rings is 1. The minimum Gasteiger partial charge on any atom is -0.329 e. The lowest BCUT2D eigenvalue weighted by Crippen LogP contribution is -2.31. The number of nitrogens with two attached hydrogens (primary N) is 1. The van der Waals surface area contributed by atoms with E-state index in [-0.39, 0.29) is 12.3 Å². The quantitative estimate of drug-likeness (QED) is 0.869. The third-order valence-corrected chi connectivity index (χ3v) is 4.51. The number of anilines is 1. The highest BCUT2D eigenvalue weighted by Crippen LogP contribution is 2.21. The molecule has 4 nitrogen and oxygen atoms in total. The molecular formula is C12H20N2O2S. The van der Waals surface area contributed by atoms with Crippen LogP contribution in [0.3, 0.4) is 0 Å². The first kappa shape index (κ1) is 14.0. The van der Waals surface area contributed by atoms with Crippen LogP contribution in [-0.2, 0) is 10.0 Å². The van der Waals surface area contributed by atoms with Crippen LogP contribution in [0.15, 0.2) is 24.3 Å². The van der Waals surface area contributed by atoms with Crippen molar-refractivity contribution >= 4 is 15.7 Å². The summed E-state index contributed by atoms with van der Waals surface area (Å²) in [7, 11) is -1.74. The first-order chi connectivity index (χ1) is 7.88. The smallest absolute Gasteiger partial charge is 0.236 e. The van der Waals surface area contributed by atoms with Crippen molar-refractivity contribution in [3.05, 3.63) is 29.8 Å². The summed E-state index contributed by atoms with van der Waals surface area (Å²) in [6.07, 6.45) is 0. The molecule has 0 aliphatic carbocycles. The molecule has 0 radical (unpaired) electrons. The molecule has 0 unspecified atom stereocenters. The molecule has 1 rings (SSSR count). The topological polar surface area (TPSA) is 63.4 Å². The summed E-state index contributed by atoms with van der Waals surface area (Å²) in [6.45, 7) is 4.34. The maximum atomic E-state index is 11.8. The maximum Gasteiger partial charge on any atom is 0.236 e. The van der Waals surface area contributed by atoms with Crippen LogP contribution in [-0.4, -0.2) is 27.8 Å². The van der Waals surface area contributed by atoms with Gasteiger partial charge in [0.05, 0.1) is 11.4 Å². The van der Waals surface area contributed by atoms with E-state index in [1.54, 1.807) is 7.05 Å². The van der Waals surface area contributed by atoms with Gasteiger partial charge >= 0.3 is 0 Å². The van der Waals surface area contributed by atoms with Crippen LogP contribution < -0.4 is 10.0 Å². The molecule has 1 aromatic rings. The zero-order chi connectivity index (χ0) is 13.1. The van der Waals surface area contributed by atoms with Gasteiger partial charge in [-0.3, -0.25) is 4.31 Å². The van der Waals surface area contributed by atoms with Crippen molar-refractivity contribution in [2.75, 3.05) is 23.7 Å². The number of hydrogen-bond acceptors (Lipinski definition) is 3. The van der Waals surface area contributed by atoms with E-state index in [1.807, 2.05) is 24.3 Å². The van der Waals surface area contributed by atoms with Gasteiger partial charge in [-0.25, -0.2) is 8.42 Å². The fraction of sp³-hybridized carbons (Fsp3) is 0.500. The Hall–Kier alpha value is -1.07. The molecule has 5 heteroatoms. The molecule has 0 saturated carbocycles. The van der Waals surface area contributed by atoms with Crippen molar-refractivity contribution in [2.24, 2.45) is 5.73 Å². The zero-order valence-electron chi connectivity index (χ0n) is 10.6. The lowest BCUT2D eigenvalue weighted by atomic mass is 10.0. The van der Waals surface area contributed by atoms with E-state index in [2.05, 4.69) is 13.8 Å². The molecule has 0 aliphatic heterocycles. The second-order valence-electron chi connectivity index (χ2n) is 4.32. The van der Waals surface area contributed by atoms with Crippen LogP contribution in [0.4, 0.5) is 5.69 Å². The summed E-state index contributed by atoms with van der Waals surface area (Å²) in [4.78, 5) is 0. The van der Waals surface area contributed by atoms with Gasteiger partial charge in [0.25, 0.3) is 0 Å². The second kappa shape index (κ2) is 5.51. The Kier molecular flexibility index (Phi) is 4.54. The monoisotopic (exact) mass is 256 g/mol. The Morgan fingerprint density at radius 2 is 1.76 bits per heavy atom. The molecule has 0 saturated heterocycles. The van der Waals surface area contributed by atoms with Crippen LogP contribution >= 0.6 is 0 Å². The van der Waals surface area contributed by atoms with Crippen molar-refractivity contribution in [1.29, 1.82) is 0 Å². The standard InChI is InChI=1S/C12H20N2O2S/c1-10(2)11-4-6-12(7-5-11)14(3)17(15,16)9-8-13/h4-7,10H,8-9,13H2,1-3H3. The molecular weight excluding hydrogens is 236 g/mol. The van der Waals surface area contributed by atoms with Crippen molar-refractivity contribution in [1.82, 2.24) is 0 Å². The number of hydrogen-bond donors (Lipinski definition) is 1. The number of sulfonamides is 1. The van der Waals surface area contributed by atoms with Gasteiger partial charge in [0, 0.05) is 13.6 Å². The maximum absolute atomic E-state index is 11.8. The minimum absolute atomic E-state index is 0.0323. The van der Waals surface area contributed by atoms with Crippen LogP contribution in [0.25, 0.3) is 0 Å². The van der Waals surface area contributed by atoms with E-state index in [1.165, 1.54) is 9.87 Å². The fourth-order valence-corrected chi connectivity index (χ4v) is 2.53. The Bertz CT molecular complexity index is 452. The molecule has 0 amide bonds. The van der Waals surface area contributed by atoms with Crippen LogP contribution in [0.5, 0.6) is 0 Å². The second-order valence-corrected chi connectivity index (χ2v) is 6.44. The SMILES string of the molecule is CC(C)c1ccc(N(C)S(=O)(=O)CCN)cc1. The van der Waals surface area contributed by atoms with Crippen LogP contribution in [0, 0.1) is 0 Å². The summed E-state index contributed by atoms with van der Waals surface area (Å²) in [5.74, 6) is 0.408. The molecule has 0 aliphatic rings. The van der Waals surface area contributed by atoms with Crippen LogP contribution in [0.2, 0.25) is 0 Å². The molecule has 0 fully saturated rings. The van der Waals surface area contributed by atoms with Crippen molar-refractivity contribution < 1.29 is 8.42 Å². The Morgan fingerprint density at radius 1 is 1.24 bits per heavy atom. The summed E-state index contributed by atoms with van der Waals surface area (Å²) in [5.41, 5.74) is 7.15. The molecule has 17 heavy (non-hydrogen) atoms. The lowest BCUT2D eigenvalue weighted by molar-refractivity contribution is 0.594. The molecule has 0 aromatic heterocycles. The molecule has 0 atom stereocenters. The number of nitrogens with zero attached hydrogens (tertiary/aromatic N) is 1. The van der Waals surface area contributed by atoms with E-state index in [0.717, 1.165) is 0 Å². The van der Waals surface area contributed by atoms with Gasteiger partial charge in [0.2, 0.25) is 10.0 Å². The first-order valence-corrected chi connectivity index (χ1v) is 7.26. The van der Waals surface area contributed by atoms with E-state index < -0.39 is 10.0 Å². The van der Waals surface area contributed by atoms with Gasteiger partial charge in [-0.1, -0.05) is 26.0 Å². The normalized spacial score (nSPS) is 11.8. The highest BCUT2D eigenvalue weighted by molar-refractivity contribution is 7.92. The van der Waals surface area contributed by atoms with E-state index in [9.17, 15) is 8.42 Å². The summed E-state index contributed by atoms with van der Waals surface area (Å²) >= 11 is 0. The summed E-state index contributed by atoms with van der Waals surface area (Å²) in [5, 5.41) is 0. The molecule has 2 N–H and O–H groups in total.